The number of carbonyl (C=O) groups is 1. The molecule has 0 bridgehead atoms. The van der Waals surface area contributed by atoms with Crippen LogP contribution in [0.15, 0.2) is 48.7 Å². The lowest BCUT2D eigenvalue weighted by Crippen LogP contribution is -2.14. The Morgan fingerprint density at radius 3 is 2.50 bits per heavy atom. The summed E-state index contributed by atoms with van der Waals surface area (Å²) >= 11 is 0. The maximum absolute atomic E-state index is 12.6. The van der Waals surface area contributed by atoms with Gasteiger partial charge in [0.1, 0.15) is 5.56 Å². The number of methoxy groups -OCH3 is 2. The number of nitrogens with one attached hydrogen (secondary N) is 1. The minimum Gasteiger partial charge on any atom is -0.493 e. The summed E-state index contributed by atoms with van der Waals surface area (Å²) in [5.41, 5.74) is 0.690. The van der Waals surface area contributed by atoms with Crippen molar-refractivity contribution in [2.45, 2.75) is 0 Å². The lowest BCUT2D eigenvalue weighted by molar-refractivity contribution is -0.385. The molecule has 132 valence electrons. The van der Waals surface area contributed by atoms with E-state index in [4.69, 9.17) is 9.47 Å². The van der Waals surface area contributed by atoms with E-state index in [2.05, 4.69) is 10.3 Å². The van der Waals surface area contributed by atoms with Gasteiger partial charge in [0.2, 0.25) is 0 Å². The largest absolute Gasteiger partial charge is 0.493 e. The van der Waals surface area contributed by atoms with Gasteiger partial charge in [-0.1, -0.05) is 18.2 Å². The summed E-state index contributed by atoms with van der Waals surface area (Å²) in [4.78, 5) is 27.6. The van der Waals surface area contributed by atoms with Crippen molar-refractivity contribution >= 4 is 28.2 Å². The zero-order chi connectivity index (χ0) is 18.7. The molecule has 3 aromatic rings. The quantitative estimate of drug-likeness (QED) is 0.557. The molecular weight excluding hydrogens is 338 g/mol. The van der Waals surface area contributed by atoms with E-state index in [9.17, 15) is 14.9 Å². The van der Waals surface area contributed by atoms with Gasteiger partial charge in [0.15, 0.2) is 11.5 Å². The number of benzene rings is 2. The molecule has 0 aliphatic heterocycles. The van der Waals surface area contributed by atoms with Crippen molar-refractivity contribution in [3.05, 3.63) is 64.3 Å². The van der Waals surface area contributed by atoms with Crippen LogP contribution in [-0.2, 0) is 0 Å². The van der Waals surface area contributed by atoms with Crippen LogP contribution in [0, 0.1) is 10.1 Å². The predicted molar refractivity (Wildman–Crippen MR) is 95.9 cm³/mol. The van der Waals surface area contributed by atoms with Gasteiger partial charge in [0.25, 0.3) is 11.6 Å². The number of rotatable bonds is 5. The summed E-state index contributed by atoms with van der Waals surface area (Å²) in [5, 5.41) is 14.8. The van der Waals surface area contributed by atoms with Crippen LogP contribution < -0.4 is 14.8 Å². The molecule has 1 aromatic heterocycles. The predicted octanol–water partition coefficient (Wildman–Crippen LogP) is 3.41. The molecule has 1 N–H and O–H groups in total. The Morgan fingerprint density at radius 1 is 1.12 bits per heavy atom. The SMILES string of the molecule is COc1cc(C(=O)Nc2cnc3ccccc3c2)c([N+](=O)[O-])cc1OC. The van der Waals surface area contributed by atoms with E-state index < -0.39 is 10.8 Å². The molecule has 0 saturated heterocycles. The first-order valence-electron chi connectivity index (χ1n) is 7.60. The van der Waals surface area contributed by atoms with Crippen molar-refractivity contribution in [1.29, 1.82) is 0 Å². The minimum absolute atomic E-state index is 0.138. The molecule has 0 atom stereocenters. The number of hydrogen-bond acceptors (Lipinski definition) is 6. The number of nitrogens with zero attached hydrogens (tertiary/aromatic N) is 2. The third-order valence-corrected chi connectivity index (χ3v) is 3.79. The Labute approximate surface area is 148 Å². The fourth-order valence-corrected chi connectivity index (χ4v) is 2.54. The zero-order valence-corrected chi connectivity index (χ0v) is 14.1. The van der Waals surface area contributed by atoms with Crippen LogP contribution in [0.5, 0.6) is 11.5 Å². The van der Waals surface area contributed by atoms with Gasteiger partial charge in [-0.05, 0) is 12.1 Å². The average Bonchev–Trinajstić information content (AvgIpc) is 2.66. The van der Waals surface area contributed by atoms with Gasteiger partial charge in [-0.25, -0.2) is 0 Å². The van der Waals surface area contributed by atoms with E-state index in [0.29, 0.717) is 5.69 Å². The molecule has 1 heterocycles. The number of aromatic nitrogens is 1. The van der Waals surface area contributed by atoms with Crippen LogP contribution in [0.1, 0.15) is 10.4 Å². The van der Waals surface area contributed by atoms with E-state index in [-0.39, 0.29) is 22.7 Å². The topological polar surface area (TPSA) is 104 Å². The molecule has 0 unspecified atom stereocenters. The van der Waals surface area contributed by atoms with Crippen molar-refractivity contribution in [2.75, 3.05) is 19.5 Å². The number of para-hydroxylation sites is 1. The normalized spacial score (nSPS) is 10.4. The standard InChI is InChI=1S/C18H15N3O5/c1-25-16-8-13(15(21(23)24)9-17(16)26-2)18(22)20-12-7-11-5-3-4-6-14(11)19-10-12/h3-10H,1-2H3,(H,20,22). The first-order valence-corrected chi connectivity index (χ1v) is 7.60. The smallest absolute Gasteiger partial charge is 0.286 e. The second kappa shape index (κ2) is 7.06. The third kappa shape index (κ3) is 3.25. The average molecular weight is 353 g/mol. The minimum atomic E-state index is -0.644. The van der Waals surface area contributed by atoms with Crippen LogP contribution in [-0.4, -0.2) is 30.0 Å². The van der Waals surface area contributed by atoms with Crippen LogP contribution >= 0.6 is 0 Å². The van der Waals surface area contributed by atoms with Crippen LogP contribution in [0.25, 0.3) is 10.9 Å². The molecule has 3 rings (SSSR count). The van der Waals surface area contributed by atoms with E-state index in [1.54, 1.807) is 6.07 Å². The molecule has 0 fully saturated rings. The molecule has 1 amide bonds. The van der Waals surface area contributed by atoms with Gasteiger partial charge < -0.3 is 14.8 Å². The molecule has 0 spiro atoms. The highest BCUT2D eigenvalue weighted by Crippen LogP contribution is 2.34. The molecule has 8 heteroatoms. The van der Waals surface area contributed by atoms with Gasteiger partial charge in [-0.15, -0.1) is 0 Å². The lowest BCUT2D eigenvalue weighted by atomic mass is 10.1. The van der Waals surface area contributed by atoms with Crippen molar-refractivity contribution in [1.82, 2.24) is 4.98 Å². The van der Waals surface area contributed by atoms with Crippen molar-refractivity contribution < 1.29 is 19.2 Å². The molecular formula is C18H15N3O5. The highest BCUT2D eigenvalue weighted by molar-refractivity contribution is 6.08. The number of anilines is 1. The molecule has 0 radical (unpaired) electrons. The summed E-state index contributed by atoms with van der Waals surface area (Å²) in [6.45, 7) is 0. The van der Waals surface area contributed by atoms with E-state index >= 15 is 0 Å². The van der Waals surface area contributed by atoms with Crippen molar-refractivity contribution in [2.24, 2.45) is 0 Å². The Kier molecular flexibility index (Phi) is 4.66. The van der Waals surface area contributed by atoms with Gasteiger partial charge in [0.05, 0.1) is 42.6 Å². The molecule has 26 heavy (non-hydrogen) atoms. The number of fused-ring (bicyclic) bond motifs is 1. The van der Waals surface area contributed by atoms with E-state index in [1.165, 1.54) is 26.5 Å². The van der Waals surface area contributed by atoms with E-state index in [1.807, 2.05) is 24.3 Å². The molecule has 0 aliphatic carbocycles. The van der Waals surface area contributed by atoms with Gasteiger partial charge in [-0.2, -0.15) is 0 Å². The monoisotopic (exact) mass is 353 g/mol. The number of pyridine rings is 1. The van der Waals surface area contributed by atoms with E-state index in [0.717, 1.165) is 17.0 Å². The van der Waals surface area contributed by atoms with Crippen LogP contribution in [0.4, 0.5) is 11.4 Å². The first kappa shape index (κ1) is 17.2. The third-order valence-electron chi connectivity index (χ3n) is 3.79. The van der Waals surface area contributed by atoms with Crippen molar-refractivity contribution in [3.8, 4) is 11.5 Å². The highest BCUT2D eigenvalue weighted by atomic mass is 16.6. The maximum Gasteiger partial charge on any atom is 0.286 e. The molecule has 2 aromatic carbocycles. The summed E-state index contributed by atoms with van der Waals surface area (Å²) in [7, 11) is 2.75. The molecule has 0 saturated carbocycles. The summed E-state index contributed by atoms with van der Waals surface area (Å²) in [5.74, 6) is -0.252. The summed E-state index contributed by atoms with van der Waals surface area (Å²) in [6.07, 6.45) is 1.49. The lowest BCUT2D eigenvalue weighted by Gasteiger charge is -2.11. The Bertz CT molecular complexity index is 1000. The van der Waals surface area contributed by atoms with Crippen LogP contribution in [0.2, 0.25) is 0 Å². The molecule has 0 aliphatic rings. The Morgan fingerprint density at radius 2 is 1.81 bits per heavy atom. The Balaban J connectivity index is 1.98. The number of carbonyl (C=O) groups excluding carboxylic acids is 1. The van der Waals surface area contributed by atoms with Crippen LogP contribution in [0.3, 0.4) is 0 Å². The zero-order valence-electron chi connectivity index (χ0n) is 14.1. The van der Waals surface area contributed by atoms with Crippen molar-refractivity contribution in [3.63, 3.8) is 0 Å². The number of nitro benzene ring substituents is 1. The highest BCUT2D eigenvalue weighted by Gasteiger charge is 2.24. The summed E-state index contributed by atoms with van der Waals surface area (Å²) < 4.78 is 10.2. The second-order valence-electron chi connectivity index (χ2n) is 5.35. The first-order chi connectivity index (χ1) is 12.5. The summed E-state index contributed by atoms with van der Waals surface area (Å²) in [6, 6.07) is 11.6. The van der Waals surface area contributed by atoms with Gasteiger partial charge >= 0.3 is 0 Å². The number of amides is 1. The van der Waals surface area contributed by atoms with Gasteiger partial charge in [0, 0.05) is 11.5 Å². The van der Waals surface area contributed by atoms with Gasteiger partial charge in [-0.3, -0.25) is 19.9 Å². The fourth-order valence-electron chi connectivity index (χ4n) is 2.54. The molecule has 8 nitrogen and oxygen atoms in total. The number of hydrogen-bond donors (Lipinski definition) is 1. The number of nitro groups is 1. The fraction of sp³-hybridized carbons (Fsp3) is 0.111. The Hall–Kier alpha value is -3.68. The maximum atomic E-state index is 12.6. The second-order valence-corrected chi connectivity index (χ2v) is 5.35. The number of ether oxygens (including phenoxy) is 2.